The predicted octanol–water partition coefficient (Wildman–Crippen LogP) is 8.50. The van der Waals surface area contributed by atoms with Crippen molar-refractivity contribution in [1.29, 1.82) is 0 Å². The summed E-state index contributed by atoms with van der Waals surface area (Å²) in [7, 11) is 3.46. The van der Waals surface area contributed by atoms with Crippen molar-refractivity contribution in [3.8, 4) is 33.8 Å². The van der Waals surface area contributed by atoms with Crippen molar-refractivity contribution < 1.29 is 9.47 Å². The minimum atomic E-state index is 0.750. The van der Waals surface area contributed by atoms with Gasteiger partial charge in [-0.1, -0.05) is 109 Å². The number of benzene rings is 6. The van der Waals surface area contributed by atoms with Crippen molar-refractivity contribution in [1.82, 2.24) is 0 Å². The molecule has 0 atom stereocenters. The second-order valence-corrected chi connectivity index (χ2v) is 8.42. The van der Waals surface area contributed by atoms with Gasteiger partial charge in [-0.3, -0.25) is 0 Å². The summed E-state index contributed by atoms with van der Waals surface area (Å²) in [5, 5.41) is 7.05. The molecule has 6 aromatic carbocycles. The van der Waals surface area contributed by atoms with Gasteiger partial charge in [-0.2, -0.15) is 0 Å². The molecule has 0 aliphatic carbocycles. The van der Waals surface area contributed by atoms with Crippen LogP contribution < -0.4 is 9.47 Å². The first-order valence-electron chi connectivity index (χ1n) is 11.4. The van der Waals surface area contributed by atoms with E-state index in [4.69, 9.17) is 9.47 Å². The molecule has 2 heteroatoms. The Morgan fingerprint density at radius 3 is 1.15 bits per heavy atom. The van der Waals surface area contributed by atoms with Gasteiger partial charge in [-0.25, -0.2) is 0 Å². The number of hydrogen-bond acceptors (Lipinski definition) is 2. The molecule has 0 N–H and O–H groups in total. The van der Waals surface area contributed by atoms with Gasteiger partial charge in [0.15, 0.2) is 11.5 Å². The fourth-order valence-corrected chi connectivity index (χ4v) is 5.20. The number of fused-ring (bicyclic) bond motifs is 3. The predicted molar refractivity (Wildman–Crippen MR) is 143 cm³/mol. The van der Waals surface area contributed by atoms with Crippen LogP contribution in [0.3, 0.4) is 0 Å². The summed E-state index contributed by atoms with van der Waals surface area (Å²) in [5.41, 5.74) is 4.37. The van der Waals surface area contributed by atoms with Gasteiger partial charge in [0.2, 0.25) is 0 Å². The van der Waals surface area contributed by atoms with Crippen molar-refractivity contribution in [3.05, 3.63) is 109 Å². The largest absolute Gasteiger partial charge is 0.492 e. The zero-order valence-corrected chi connectivity index (χ0v) is 19.2. The summed E-state index contributed by atoms with van der Waals surface area (Å²) in [6.07, 6.45) is 0. The highest BCUT2D eigenvalue weighted by Gasteiger charge is 2.24. The lowest BCUT2D eigenvalue weighted by molar-refractivity contribution is 0.358. The molecule has 0 saturated carbocycles. The quantitative estimate of drug-likeness (QED) is 0.274. The summed E-state index contributed by atoms with van der Waals surface area (Å²) >= 11 is 0. The maximum Gasteiger partial charge on any atom is 0.169 e. The molecule has 0 radical (unpaired) electrons. The number of rotatable bonds is 4. The highest BCUT2D eigenvalue weighted by molar-refractivity contribution is 6.16. The van der Waals surface area contributed by atoms with Crippen molar-refractivity contribution >= 4 is 32.3 Å². The standard InChI is InChI=1S/C32H24O2/c1-33-31-29(25-19-9-13-21-11-3-5-15-23(21)25)27-17-7-8-18-28(27)30(32(31)34-2)26-20-10-14-22-12-4-6-16-24(22)26/h3-20H,1-2H3. The molecular weight excluding hydrogens is 416 g/mol. The summed E-state index contributed by atoms with van der Waals surface area (Å²) < 4.78 is 12.3. The van der Waals surface area contributed by atoms with Gasteiger partial charge in [0.1, 0.15) is 0 Å². The third-order valence-electron chi connectivity index (χ3n) is 6.65. The first-order chi connectivity index (χ1) is 16.8. The molecule has 0 fully saturated rings. The highest BCUT2D eigenvalue weighted by atomic mass is 16.5. The number of hydrogen-bond donors (Lipinski definition) is 0. The van der Waals surface area contributed by atoms with E-state index < -0.39 is 0 Å². The molecule has 6 aromatic rings. The van der Waals surface area contributed by atoms with Crippen molar-refractivity contribution in [2.24, 2.45) is 0 Å². The van der Waals surface area contributed by atoms with Crippen LogP contribution in [0, 0.1) is 0 Å². The molecule has 0 aromatic heterocycles. The lowest BCUT2D eigenvalue weighted by Gasteiger charge is -2.22. The van der Waals surface area contributed by atoms with Gasteiger partial charge in [0.25, 0.3) is 0 Å². The third-order valence-corrected chi connectivity index (χ3v) is 6.65. The van der Waals surface area contributed by atoms with E-state index in [0.717, 1.165) is 44.5 Å². The average Bonchev–Trinajstić information content (AvgIpc) is 2.91. The van der Waals surface area contributed by atoms with Crippen LogP contribution >= 0.6 is 0 Å². The number of ether oxygens (including phenoxy) is 2. The SMILES string of the molecule is COc1c(OC)c(-c2cccc3ccccc23)c2ccccc2c1-c1cccc2ccccc12. The zero-order chi connectivity index (χ0) is 23.1. The van der Waals surface area contributed by atoms with Gasteiger partial charge in [-0.15, -0.1) is 0 Å². The van der Waals surface area contributed by atoms with Crippen LogP contribution in [-0.4, -0.2) is 14.2 Å². The Hall–Kier alpha value is -4.30. The fraction of sp³-hybridized carbons (Fsp3) is 0.0625. The van der Waals surface area contributed by atoms with Crippen molar-refractivity contribution in [3.63, 3.8) is 0 Å². The van der Waals surface area contributed by atoms with E-state index in [1.807, 2.05) is 0 Å². The van der Waals surface area contributed by atoms with Crippen LogP contribution in [0.1, 0.15) is 0 Å². The van der Waals surface area contributed by atoms with Crippen LogP contribution in [0.2, 0.25) is 0 Å². The van der Waals surface area contributed by atoms with Crippen LogP contribution in [0.4, 0.5) is 0 Å². The zero-order valence-electron chi connectivity index (χ0n) is 19.2. The van der Waals surface area contributed by atoms with Gasteiger partial charge in [-0.05, 0) is 43.4 Å². The smallest absolute Gasteiger partial charge is 0.169 e. The molecule has 0 saturated heterocycles. The maximum atomic E-state index is 6.13. The molecule has 34 heavy (non-hydrogen) atoms. The molecule has 2 nitrogen and oxygen atoms in total. The second kappa shape index (κ2) is 8.24. The van der Waals surface area contributed by atoms with E-state index in [-0.39, 0.29) is 0 Å². The summed E-state index contributed by atoms with van der Waals surface area (Å²) in [4.78, 5) is 0. The molecule has 164 valence electrons. The Labute approximate surface area is 199 Å². The van der Waals surface area contributed by atoms with E-state index in [9.17, 15) is 0 Å². The minimum absolute atomic E-state index is 0.750. The van der Waals surface area contributed by atoms with Crippen molar-refractivity contribution in [2.45, 2.75) is 0 Å². The first kappa shape index (κ1) is 20.3. The minimum Gasteiger partial charge on any atom is -0.492 e. The molecule has 6 rings (SSSR count). The van der Waals surface area contributed by atoms with E-state index in [0.29, 0.717) is 0 Å². The van der Waals surface area contributed by atoms with Crippen LogP contribution in [-0.2, 0) is 0 Å². The topological polar surface area (TPSA) is 18.5 Å². The molecule has 0 heterocycles. The lowest BCUT2D eigenvalue weighted by atomic mass is 9.87. The normalized spacial score (nSPS) is 11.2. The fourth-order valence-electron chi connectivity index (χ4n) is 5.20. The Bertz CT molecular complexity index is 1540. The molecular formula is C32H24O2. The van der Waals surface area contributed by atoms with E-state index in [1.54, 1.807) is 14.2 Å². The molecule has 0 amide bonds. The van der Waals surface area contributed by atoms with Crippen LogP contribution in [0.5, 0.6) is 11.5 Å². The Morgan fingerprint density at radius 1 is 0.382 bits per heavy atom. The van der Waals surface area contributed by atoms with Crippen molar-refractivity contribution in [2.75, 3.05) is 14.2 Å². The molecule has 0 aliphatic rings. The Balaban J connectivity index is 1.81. The van der Waals surface area contributed by atoms with Gasteiger partial charge >= 0.3 is 0 Å². The Kier molecular flexibility index (Phi) is 4.92. The molecule has 0 bridgehead atoms. The first-order valence-corrected chi connectivity index (χ1v) is 11.4. The van der Waals surface area contributed by atoms with Gasteiger partial charge in [0.05, 0.1) is 14.2 Å². The molecule has 0 spiro atoms. The summed E-state index contributed by atoms with van der Waals surface area (Å²) in [5.74, 6) is 1.50. The monoisotopic (exact) mass is 440 g/mol. The summed E-state index contributed by atoms with van der Waals surface area (Å²) in [6, 6.07) is 38.4. The van der Waals surface area contributed by atoms with E-state index >= 15 is 0 Å². The third kappa shape index (κ3) is 3.03. The van der Waals surface area contributed by atoms with Gasteiger partial charge in [0, 0.05) is 11.1 Å². The lowest BCUT2D eigenvalue weighted by Crippen LogP contribution is -1.99. The van der Waals surface area contributed by atoms with Crippen LogP contribution in [0.25, 0.3) is 54.6 Å². The molecule has 0 unspecified atom stereocenters. The second-order valence-electron chi connectivity index (χ2n) is 8.42. The van der Waals surface area contributed by atoms with E-state index in [2.05, 4.69) is 109 Å². The number of methoxy groups -OCH3 is 2. The summed E-state index contributed by atoms with van der Waals surface area (Å²) in [6.45, 7) is 0. The maximum absolute atomic E-state index is 6.13. The highest BCUT2D eigenvalue weighted by Crippen LogP contribution is 2.52. The van der Waals surface area contributed by atoms with Crippen LogP contribution in [0.15, 0.2) is 109 Å². The Morgan fingerprint density at radius 2 is 0.735 bits per heavy atom. The average molecular weight is 441 g/mol. The van der Waals surface area contributed by atoms with Gasteiger partial charge < -0.3 is 9.47 Å². The molecule has 0 aliphatic heterocycles. The van der Waals surface area contributed by atoms with E-state index in [1.165, 1.54) is 21.5 Å².